The Balaban J connectivity index is 3.49. The summed E-state index contributed by atoms with van der Waals surface area (Å²) >= 11 is -3.56. The first-order valence-corrected chi connectivity index (χ1v) is 29.4. The summed E-state index contributed by atoms with van der Waals surface area (Å²) in [6.45, 7) is 4.57. The third-order valence-corrected chi connectivity index (χ3v) is 13.8. The molecule has 0 N–H and O–H groups in total. The maximum atomic E-state index is 12.4. The van der Waals surface area contributed by atoms with Crippen molar-refractivity contribution in [2.75, 3.05) is 0 Å². The van der Waals surface area contributed by atoms with Crippen molar-refractivity contribution >= 4 is 31.1 Å². The Morgan fingerprint density at radius 1 is 0.319 bits per heavy atom. The summed E-state index contributed by atoms with van der Waals surface area (Å²) in [5.74, 6) is -0.338. The molecular weight excluding hydrogens is 687 g/mol. The van der Waals surface area contributed by atoms with Gasteiger partial charge in [-0.25, -0.2) is 0 Å². The van der Waals surface area contributed by atoms with E-state index in [0.717, 1.165) is 25.7 Å². The van der Waals surface area contributed by atoms with Crippen LogP contribution in [0.4, 0.5) is 0 Å². The monoisotopic (exact) mass is 773 g/mol. The molecular formula is C42H84O4Sn. The van der Waals surface area contributed by atoms with Gasteiger partial charge in [0.1, 0.15) is 0 Å². The molecule has 0 saturated heterocycles. The minimum absolute atomic E-state index is 0.169. The fourth-order valence-electron chi connectivity index (χ4n) is 6.66. The van der Waals surface area contributed by atoms with Crippen LogP contribution >= 0.6 is 0 Å². The molecule has 4 nitrogen and oxygen atoms in total. The molecule has 0 aliphatic rings. The van der Waals surface area contributed by atoms with Crippen LogP contribution in [0.5, 0.6) is 0 Å². The molecule has 0 aliphatic heterocycles. The fraction of sp³-hybridized carbons (Fsp3) is 0.952. The number of unbranched alkanes of at least 4 members (excludes halogenated alkanes) is 32. The predicted octanol–water partition coefficient (Wildman–Crippen LogP) is 14.9. The molecule has 280 valence electrons. The molecule has 0 radical (unpaired) electrons. The Bertz CT molecular complexity index is 611. The zero-order valence-electron chi connectivity index (χ0n) is 32.6. The Kier molecular flexibility index (Phi) is 36.8. The first-order chi connectivity index (χ1) is 22.9. The third kappa shape index (κ3) is 38.4. The van der Waals surface area contributed by atoms with Crippen molar-refractivity contribution in [3.63, 3.8) is 0 Å². The van der Waals surface area contributed by atoms with Gasteiger partial charge in [-0.15, -0.1) is 0 Å². The van der Waals surface area contributed by atoms with Crippen LogP contribution in [0.15, 0.2) is 0 Å². The van der Waals surface area contributed by atoms with Crippen molar-refractivity contribution in [2.45, 2.75) is 255 Å². The van der Waals surface area contributed by atoms with Gasteiger partial charge in [0.15, 0.2) is 0 Å². The van der Waals surface area contributed by atoms with E-state index < -0.39 is 19.2 Å². The van der Waals surface area contributed by atoms with E-state index in [1.165, 1.54) is 193 Å². The van der Waals surface area contributed by atoms with E-state index in [2.05, 4.69) is 13.8 Å². The Hall–Kier alpha value is -0.261. The van der Waals surface area contributed by atoms with Gasteiger partial charge < -0.3 is 0 Å². The molecule has 0 atom stereocenters. The van der Waals surface area contributed by atoms with Crippen LogP contribution in [0.1, 0.15) is 245 Å². The van der Waals surface area contributed by atoms with E-state index in [0.29, 0.717) is 12.8 Å². The van der Waals surface area contributed by atoms with Gasteiger partial charge in [0, 0.05) is 0 Å². The molecule has 0 saturated carbocycles. The standard InChI is InChI=1S/2C20H40O2.2CH3.Sn/c2*1-2-3-4-5-6-7-8-9-10-11-12-13-14-15-16-17-18-19-20(21)22;;;/h2*2-19H2,1H3,(H,21,22);2*1H3;/q;;;;+2/p-2. The molecule has 0 bridgehead atoms. The van der Waals surface area contributed by atoms with Crippen LogP contribution in [-0.4, -0.2) is 31.1 Å². The van der Waals surface area contributed by atoms with Crippen molar-refractivity contribution in [3.8, 4) is 0 Å². The summed E-state index contributed by atoms with van der Waals surface area (Å²) in [4.78, 5) is 28.5. The molecule has 0 aromatic carbocycles. The van der Waals surface area contributed by atoms with Crippen molar-refractivity contribution in [1.82, 2.24) is 0 Å². The minimum atomic E-state index is -3.56. The second-order valence-corrected chi connectivity index (χ2v) is 24.3. The van der Waals surface area contributed by atoms with E-state index in [1.807, 2.05) is 9.88 Å². The minimum Gasteiger partial charge on any atom is -0.0654 e. The number of hydrogen-bond acceptors (Lipinski definition) is 4. The van der Waals surface area contributed by atoms with Crippen molar-refractivity contribution in [3.05, 3.63) is 0 Å². The molecule has 0 amide bonds. The summed E-state index contributed by atoms with van der Waals surface area (Å²) in [7, 11) is 0. The Labute approximate surface area is 300 Å². The Morgan fingerprint density at radius 2 is 0.489 bits per heavy atom. The quantitative estimate of drug-likeness (QED) is 0.0463. The predicted molar refractivity (Wildman–Crippen MR) is 207 cm³/mol. The van der Waals surface area contributed by atoms with E-state index in [-0.39, 0.29) is 11.9 Å². The first kappa shape index (κ1) is 46.7. The van der Waals surface area contributed by atoms with Crippen LogP contribution in [0.3, 0.4) is 0 Å². The zero-order valence-corrected chi connectivity index (χ0v) is 35.4. The van der Waals surface area contributed by atoms with E-state index in [4.69, 9.17) is 6.15 Å². The van der Waals surface area contributed by atoms with Crippen LogP contribution in [0.2, 0.25) is 9.88 Å². The maximum absolute atomic E-state index is 12.4. The van der Waals surface area contributed by atoms with Crippen LogP contribution in [0.25, 0.3) is 0 Å². The summed E-state index contributed by atoms with van der Waals surface area (Å²) in [6.07, 6.45) is 46.2. The van der Waals surface area contributed by atoms with Crippen molar-refractivity contribution in [1.29, 1.82) is 0 Å². The van der Waals surface area contributed by atoms with Gasteiger partial charge in [-0.3, -0.25) is 0 Å². The molecule has 0 rings (SSSR count). The van der Waals surface area contributed by atoms with Crippen molar-refractivity contribution in [2.24, 2.45) is 0 Å². The van der Waals surface area contributed by atoms with Crippen molar-refractivity contribution < 1.29 is 15.7 Å². The SMILES string of the molecule is CCCCCCCCCCCCCCCCCCCC(=O)[O][Sn]([CH3])([CH3])[O]C(=O)CCCCCCCCCCCCCCCCCCC. The molecule has 0 aromatic rings. The molecule has 0 aromatic heterocycles. The first-order valence-electron chi connectivity index (χ1n) is 21.3. The number of carbonyl (C=O) groups excluding carboxylic acids is 2. The summed E-state index contributed by atoms with van der Waals surface area (Å²) in [6, 6.07) is 0. The van der Waals surface area contributed by atoms with Gasteiger partial charge >= 0.3 is 185 Å². The second-order valence-electron chi connectivity index (χ2n) is 15.2. The Morgan fingerprint density at radius 3 is 0.681 bits per heavy atom. The molecule has 0 unspecified atom stereocenters. The zero-order chi connectivity index (χ0) is 34.5. The molecule has 0 heterocycles. The smallest absolute Gasteiger partial charge is 0.0654 e. The normalized spacial score (nSPS) is 11.7. The molecule has 47 heavy (non-hydrogen) atoms. The fourth-order valence-corrected chi connectivity index (χ4v) is 10.5. The average Bonchev–Trinajstić information content (AvgIpc) is 3.03. The van der Waals surface area contributed by atoms with Gasteiger partial charge in [0.2, 0.25) is 0 Å². The van der Waals surface area contributed by atoms with Gasteiger partial charge in [0.25, 0.3) is 0 Å². The van der Waals surface area contributed by atoms with Gasteiger partial charge in [-0.2, -0.15) is 0 Å². The third-order valence-electron chi connectivity index (χ3n) is 9.69. The summed E-state index contributed by atoms with van der Waals surface area (Å²) in [5.41, 5.74) is 0. The number of rotatable bonds is 38. The molecule has 0 fully saturated rings. The van der Waals surface area contributed by atoms with E-state index in [9.17, 15) is 9.59 Å². The summed E-state index contributed by atoms with van der Waals surface area (Å²) < 4.78 is 11.4. The average molecular weight is 772 g/mol. The molecule has 0 aliphatic carbocycles. The van der Waals surface area contributed by atoms with Crippen LogP contribution in [0, 0.1) is 0 Å². The van der Waals surface area contributed by atoms with Crippen LogP contribution < -0.4 is 0 Å². The van der Waals surface area contributed by atoms with E-state index in [1.54, 1.807) is 0 Å². The topological polar surface area (TPSA) is 52.6 Å². The van der Waals surface area contributed by atoms with Gasteiger partial charge in [-0.1, -0.05) is 117 Å². The number of hydrogen-bond donors (Lipinski definition) is 0. The molecule has 0 spiro atoms. The van der Waals surface area contributed by atoms with Crippen LogP contribution in [-0.2, 0) is 15.7 Å². The summed E-state index contributed by atoms with van der Waals surface area (Å²) in [5, 5.41) is 0. The second kappa shape index (κ2) is 37.0. The van der Waals surface area contributed by atoms with Gasteiger partial charge in [0.05, 0.1) is 0 Å². The number of carbonyl (C=O) groups is 2. The van der Waals surface area contributed by atoms with Gasteiger partial charge in [-0.05, 0) is 0 Å². The molecule has 5 heteroatoms. The van der Waals surface area contributed by atoms with E-state index >= 15 is 0 Å².